The zero-order valence-corrected chi connectivity index (χ0v) is 24.4. The molecule has 0 aromatic heterocycles. The minimum Gasteiger partial charge on any atom is -0.311 e. The Labute approximate surface area is 244 Å². The first-order chi connectivity index (χ1) is 19.9. The van der Waals surface area contributed by atoms with E-state index in [0.29, 0.717) is 0 Å². The number of fused-ring (bicyclic) bond motifs is 5. The van der Waals surface area contributed by atoms with Gasteiger partial charge in [0.25, 0.3) is 6.71 Å². The molecule has 41 heavy (non-hydrogen) atoms. The summed E-state index contributed by atoms with van der Waals surface area (Å²) in [5.74, 6) is 0. The molecule has 1 aliphatic carbocycles. The van der Waals surface area contributed by atoms with E-state index in [0.717, 1.165) is 0 Å². The molecular weight excluding hydrogens is 495 g/mol. The van der Waals surface area contributed by atoms with Crippen LogP contribution >= 0.6 is 0 Å². The van der Waals surface area contributed by atoms with Crippen LogP contribution in [0.3, 0.4) is 0 Å². The van der Waals surface area contributed by atoms with Crippen LogP contribution in [-0.2, 0) is 10.8 Å². The molecule has 5 aromatic rings. The maximum atomic E-state index is 2.60. The van der Waals surface area contributed by atoms with Gasteiger partial charge in [0.15, 0.2) is 0 Å². The van der Waals surface area contributed by atoms with E-state index >= 15 is 0 Å². The van der Waals surface area contributed by atoms with Crippen LogP contribution in [0.25, 0.3) is 0 Å². The molecule has 2 heterocycles. The summed E-state index contributed by atoms with van der Waals surface area (Å²) in [6.07, 6.45) is 2.41. The molecule has 0 radical (unpaired) electrons. The third kappa shape index (κ3) is 3.51. The van der Waals surface area contributed by atoms with Crippen molar-refractivity contribution in [3.63, 3.8) is 0 Å². The first-order valence-corrected chi connectivity index (χ1v) is 15.0. The van der Waals surface area contributed by atoms with Crippen LogP contribution in [0.2, 0.25) is 0 Å². The van der Waals surface area contributed by atoms with E-state index in [2.05, 4.69) is 153 Å². The molecule has 0 unspecified atom stereocenters. The van der Waals surface area contributed by atoms with Gasteiger partial charge < -0.3 is 9.80 Å². The summed E-state index contributed by atoms with van der Waals surface area (Å²) in [4.78, 5) is 4.99. The van der Waals surface area contributed by atoms with Gasteiger partial charge in [-0.15, -0.1) is 0 Å². The van der Waals surface area contributed by atoms with Crippen molar-refractivity contribution in [1.29, 1.82) is 0 Å². The number of nitrogens with zero attached hydrogens (tertiary/aromatic N) is 2. The fourth-order valence-corrected chi connectivity index (χ4v) is 7.65. The lowest BCUT2D eigenvalue weighted by Gasteiger charge is -2.47. The summed E-state index contributed by atoms with van der Waals surface area (Å²) in [7, 11) is 0. The van der Waals surface area contributed by atoms with Crippen molar-refractivity contribution in [1.82, 2.24) is 0 Å². The van der Waals surface area contributed by atoms with Crippen molar-refractivity contribution in [3.05, 3.63) is 126 Å². The lowest BCUT2D eigenvalue weighted by molar-refractivity contribution is 0.332. The predicted molar refractivity (Wildman–Crippen MR) is 176 cm³/mol. The first-order valence-electron chi connectivity index (χ1n) is 15.0. The molecule has 5 aromatic carbocycles. The summed E-state index contributed by atoms with van der Waals surface area (Å²) >= 11 is 0. The lowest BCUT2D eigenvalue weighted by atomic mass is 9.33. The topological polar surface area (TPSA) is 6.48 Å². The number of rotatable bonds is 2. The smallest absolute Gasteiger partial charge is 0.252 e. The minimum absolute atomic E-state index is 0.138. The SMILES string of the molecule is CC1(C)CCC(C)(C)c2cc3c(cc21)B1c2ccccc2N(c2ccccc2)c2cccc(c21)N3c1ccccc1. The third-order valence-corrected chi connectivity index (χ3v) is 9.90. The van der Waals surface area contributed by atoms with Gasteiger partial charge in [0.1, 0.15) is 0 Å². The van der Waals surface area contributed by atoms with Crippen LogP contribution < -0.4 is 26.2 Å². The number of benzene rings is 5. The summed E-state index contributed by atoms with van der Waals surface area (Å²) in [5, 5.41) is 0. The normalized spacial score (nSPS) is 17.3. The molecule has 0 saturated heterocycles. The predicted octanol–water partition coefficient (Wildman–Crippen LogP) is 8.12. The quantitative estimate of drug-likeness (QED) is 0.208. The highest BCUT2D eigenvalue weighted by atomic mass is 15.2. The molecule has 3 heteroatoms. The van der Waals surface area contributed by atoms with Gasteiger partial charge in [-0.25, -0.2) is 0 Å². The Kier molecular flexibility index (Phi) is 5.17. The van der Waals surface area contributed by atoms with Crippen molar-refractivity contribution >= 4 is 57.2 Å². The second-order valence-corrected chi connectivity index (χ2v) is 13.3. The van der Waals surface area contributed by atoms with Crippen LogP contribution in [0.5, 0.6) is 0 Å². The second-order valence-electron chi connectivity index (χ2n) is 13.3. The summed E-state index contributed by atoms with van der Waals surface area (Å²) in [6, 6.07) is 42.9. The average Bonchev–Trinajstić information content (AvgIpc) is 3.00. The average molecular weight is 531 g/mol. The van der Waals surface area contributed by atoms with Crippen molar-refractivity contribution in [2.45, 2.75) is 51.4 Å². The van der Waals surface area contributed by atoms with Crippen molar-refractivity contribution < 1.29 is 0 Å². The molecule has 2 nitrogen and oxygen atoms in total. The van der Waals surface area contributed by atoms with Gasteiger partial charge >= 0.3 is 0 Å². The maximum Gasteiger partial charge on any atom is 0.252 e. The van der Waals surface area contributed by atoms with Gasteiger partial charge in [0, 0.05) is 34.1 Å². The number of anilines is 6. The Bertz CT molecular complexity index is 1810. The first kappa shape index (κ1) is 24.6. The number of hydrogen-bond donors (Lipinski definition) is 0. The Balaban J connectivity index is 1.49. The fraction of sp³-hybridized carbons (Fsp3) is 0.211. The molecule has 0 amide bonds. The van der Waals surface area contributed by atoms with Gasteiger partial charge in [-0.05, 0) is 99.7 Å². The van der Waals surface area contributed by atoms with Gasteiger partial charge in [0.2, 0.25) is 0 Å². The standard InChI is InChI=1S/C38H35BN2/c1-37(2)22-23-38(3,4)29-25-35-31(24-28(29)37)39-30-18-11-12-19-32(30)40(26-14-7-5-8-15-26)33-20-13-21-34(36(33)39)41(35)27-16-9-6-10-17-27/h5-21,24-25H,22-23H2,1-4H3. The largest absolute Gasteiger partial charge is 0.311 e. The van der Waals surface area contributed by atoms with Crippen LogP contribution in [0.1, 0.15) is 51.7 Å². The third-order valence-electron chi connectivity index (χ3n) is 9.90. The Morgan fingerprint density at radius 2 is 0.976 bits per heavy atom. The monoisotopic (exact) mass is 530 g/mol. The fourth-order valence-electron chi connectivity index (χ4n) is 7.65. The molecule has 200 valence electrons. The number of hydrogen-bond acceptors (Lipinski definition) is 2. The Morgan fingerprint density at radius 3 is 1.59 bits per heavy atom. The summed E-state index contributed by atoms with van der Waals surface area (Å²) < 4.78 is 0. The molecule has 0 bridgehead atoms. The van der Waals surface area contributed by atoms with E-state index in [4.69, 9.17) is 0 Å². The second kappa shape index (κ2) is 8.63. The van der Waals surface area contributed by atoms with Crippen LogP contribution in [0.4, 0.5) is 34.1 Å². The van der Waals surface area contributed by atoms with E-state index in [9.17, 15) is 0 Å². The van der Waals surface area contributed by atoms with Crippen molar-refractivity contribution in [2.75, 3.05) is 9.80 Å². The molecule has 0 saturated carbocycles. The van der Waals surface area contributed by atoms with Crippen molar-refractivity contribution in [2.24, 2.45) is 0 Å². The summed E-state index contributed by atoms with van der Waals surface area (Å²) in [5.41, 5.74) is 15.0. The van der Waals surface area contributed by atoms with E-state index < -0.39 is 0 Å². The Hall–Kier alpha value is -4.24. The van der Waals surface area contributed by atoms with Gasteiger partial charge in [-0.3, -0.25) is 0 Å². The molecule has 0 spiro atoms. The molecule has 2 aliphatic heterocycles. The number of para-hydroxylation sites is 3. The molecule has 8 rings (SSSR count). The van der Waals surface area contributed by atoms with Gasteiger partial charge in [-0.2, -0.15) is 0 Å². The van der Waals surface area contributed by atoms with E-state index in [1.807, 2.05) is 0 Å². The lowest BCUT2D eigenvalue weighted by Crippen LogP contribution is -2.61. The Morgan fingerprint density at radius 1 is 0.488 bits per heavy atom. The highest BCUT2D eigenvalue weighted by molar-refractivity contribution is 7.00. The van der Waals surface area contributed by atoms with Crippen LogP contribution in [0, 0.1) is 0 Å². The maximum absolute atomic E-state index is 2.60. The molecular formula is C38H35BN2. The highest BCUT2D eigenvalue weighted by Crippen LogP contribution is 2.49. The molecule has 3 aliphatic rings. The zero-order valence-electron chi connectivity index (χ0n) is 24.4. The molecule has 0 atom stereocenters. The summed E-state index contributed by atoms with van der Waals surface area (Å²) in [6.45, 7) is 9.91. The van der Waals surface area contributed by atoms with Crippen LogP contribution in [0.15, 0.2) is 115 Å². The highest BCUT2D eigenvalue weighted by Gasteiger charge is 2.45. The van der Waals surface area contributed by atoms with E-state index in [1.54, 1.807) is 0 Å². The molecule has 0 fully saturated rings. The van der Waals surface area contributed by atoms with Crippen molar-refractivity contribution in [3.8, 4) is 0 Å². The van der Waals surface area contributed by atoms with Gasteiger partial charge in [0.05, 0.1) is 0 Å². The minimum atomic E-state index is 0.138. The van der Waals surface area contributed by atoms with E-state index in [-0.39, 0.29) is 17.5 Å². The van der Waals surface area contributed by atoms with Gasteiger partial charge in [-0.1, -0.05) is 94.4 Å². The van der Waals surface area contributed by atoms with E-state index in [1.165, 1.54) is 74.5 Å². The van der Waals surface area contributed by atoms with Crippen LogP contribution in [-0.4, -0.2) is 6.71 Å². The zero-order chi connectivity index (χ0) is 27.9. The molecule has 0 N–H and O–H groups in total.